The molecule has 0 bridgehead atoms. The fourth-order valence-corrected chi connectivity index (χ4v) is 4.15. The Labute approximate surface area is 188 Å². The van der Waals surface area contributed by atoms with Crippen molar-refractivity contribution in [3.63, 3.8) is 0 Å². The van der Waals surface area contributed by atoms with Crippen LogP contribution in [0.2, 0.25) is 0 Å². The van der Waals surface area contributed by atoms with Crippen molar-refractivity contribution in [1.82, 2.24) is 4.31 Å². The molecular weight excluding hydrogens is 452 g/mol. The predicted octanol–water partition coefficient (Wildman–Crippen LogP) is 3.58. The third-order valence-corrected chi connectivity index (χ3v) is 6.52. The number of hydrogen-bond acceptors (Lipinski definition) is 7. The predicted molar refractivity (Wildman–Crippen MR) is 119 cm³/mol. The van der Waals surface area contributed by atoms with E-state index in [-0.39, 0.29) is 22.7 Å². The van der Waals surface area contributed by atoms with Gasteiger partial charge in [0.05, 0.1) is 20.8 Å². The lowest BCUT2D eigenvalue weighted by Gasteiger charge is -2.17. The summed E-state index contributed by atoms with van der Waals surface area (Å²) in [6.07, 6.45) is 0. The van der Waals surface area contributed by atoms with Gasteiger partial charge in [-0.3, -0.25) is 25.0 Å². The summed E-state index contributed by atoms with van der Waals surface area (Å²) in [5.74, 6) is -0.867. The van der Waals surface area contributed by atoms with Crippen LogP contribution in [0.5, 0.6) is 0 Å². The molecule has 3 rings (SSSR count). The minimum atomic E-state index is -3.80. The maximum atomic E-state index is 12.8. The molecule has 12 heteroatoms. The Morgan fingerprint density at radius 2 is 1.58 bits per heavy atom. The van der Waals surface area contributed by atoms with Crippen molar-refractivity contribution in [1.29, 1.82) is 0 Å². The molecule has 0 saturated heterocycles. The zero-order chi connectivity index (χ0) is 24.2. The van der Waals surface area contributed by atoms with E-state index in [0.29, 0.717) is 6.07 Å². The SMILES string of the molecule is CN(Cc1ccccc1)S(=O)(=O)c1ccc(NC(=O)c2ccc([N+](=O)[O-])cc2[N+](=O)[O-])cc1. The van der Waals surface area contributed by atoms with E-state index < -0.39 is 37.2 Å². The molecule has 0 aromatic heterocycles. The maximum Gasteiger partial charge on any atom is 0.289 e. The summed E-state index contributed by atoms with van der Waals surface area (Å²) in [5.41, 5.74) is -0.602. The Morgan fingerprint density at radius 3 is 2.15 bits per heavy atom. The molecule has 1 amide bonds. The Bertz CT molecular complexity index is 1310. The van der Waals surface area contributed by atoms with Crippen LogP contribution in [0.15, 0.2) is 77.7 Å². The number of rotatable bonds is 8. The molecule has 0 fully saturated rings. The first-order valence-corrected chi connectivity index (χ1v) is 10.9. The van der Waals surface area contributed by atoms with Gasteiger partial charge in [-0.2, -0.15) is 4.31 Å². The number of nitro groups is 2. The van der Waals surface area contributed by atoms with Crippen molar-refractivity contribution >= 4 is 33.0 Å². The van der Waals surface area contributed by atoms with E-state index in [9.17, 15) is 33.4 Å². The number of nitrogens with one attached hydrogen (secondary N) is 1. The molecule has 0 aliphatic rings. The molecule has 11 nitrogen and oxygen atoms in total. The highest BCUT2D eigenvalue weighted by atomic mass is 32.2. The van der Waals surface area contributed by atoms with Gasteiger partial charge in [0.25, 0.3) is 17.3 Å². The second kappa shape index (κ2) is 9.54. The molecule has 3 aromatic carbocycles. The minimum Gasteiger partial charge on any atom is -0.322 e. The van der Waals surface area contributed by atoms with Gasteiger partial charge in [-0.15, -0.1) is 0 Å². The van der Waals surface area contributed by atoms with Gasteiger partial charge < -0.3 is 5.32 Å². The second-order valence-corrected chi connectivity index (χ2v) is 8.99. The van der Waals surface area contributed by atoms with Crippen LogP contribution in [0.1, 0.15) is 15.9 Å². The number of anilines is 1. The lowest BCUT2D eigenvalue weighted by molar-refractivity contribution is -0.394. The van der Waals surface area contributed by atoms with Crippen LogP contribution in [0.25, 0.3) is 0 Å². The molecule has 0 atom stereocenters. The number of amides is 1. The summed E-state index contributed by atoms with van der Waals surface area (Å²) >= 11 is 0. The normalized spacial score (nSPS) is 11.2. The average molecular weight is 470 g/mol. The standard InChI is InChI=1S/C21H18N4O7S/c1-23(14-15-5-3-2-4-6-15)33(31,32)18-10-7-16(8-11-18)22-21(26)19-12-9-17(24(27)28)13-20(19)25(29)30/h2-13H,14H2,1H3,(H,22,26). The van der Waals surface area contributed by atoms with Crippen LogP contribution in [0.4, 0.5) is 17.1 Å². The van der Waals surface area contributed by atoms with Crippen molar-refractivity contribution in [2.45, 2.75) is 11.4 Å². The maximum absolute atomic E-state index is 12.8. The number of non-ortho nitro benzene ring substituents is 1. The lowest BCUT2D eigenvalue weighted by Crippen LogP contribution is -2.26. The van der Waals surface area contributed by atoms with Gasteiger partial charge in [-0.1, -0.05) is 30.3 Å². The molecule has 0 unspecified atom stereocenters. The zero-order valence-corrected chi connectivity index (χ0v) is 18.1. The van der Waals surface area contributed by atoms with Crippen LogP contribution < -0.4 is 5.32 Å². The molecule has 0 heterocycles. The van der Waals surface area contributed by atoms with Crippen molar-refractivity contribution in [3.8, 4) is 0 Å². The van der Waals surface area contributed by atoms with Crippen molar-refractivity contribution in [2.24, 2.45) is 0 Å². The van der Waals surface area contributed by atoms with Gasteiger partial charge in [-0.25, -0.2) is 8.42 Å². The lowest BCUT2D eigenvalue weighted by atomic mass is 10.1. The second-order valence-electron chi connectivity index (χ2n) is 6.94. The number of hydrogen-bond donors (Lipinski definition) is 1. The van der Waals surface area contributed by atoms with Gasteiger partial charge in [-0.05, 0) is 35.9 Å². The molecular formula is C21H18N4O7S. The fraction of sp³-hybridized carbons (Fsp3) is 0.0952. The van der Waals surface area contributed by atoms with Gasteiger partial charge in [0.15, 0.2) is 0 Å². The van der Waals surface area contributed by atoms with Gasteiger partial charge in [0.1, 0.15) is 5.56 Å². The average Bonchev–Trinajstić information content (AvgIpc) is 2.79. The Morgan fingerprint density at radius 1 is 0.939 bits per heavy atom. The number of sulfonamides is 1. The molecule has 0 spiro atoms. The number of carbonyl (C=O) groups excluding carboxylic acids is 1. The first kappa shape index (κ1) is 23.5. The molecule has 1 N–H and O–H groups in total. The first-order valence-electron chi connectivity index (χ1n) is 9.44. The Hall–Kier alpha value is -4.16. The van der Waals surface area contributed by atoms with E-state index in [4.69, 9.17) is 0 Å². The fourth-order valence-electron chi connectivity index (χ4n) is 2.99. The highest BCUT2D eigenvalue weighted by Gasteiger charge is 2.25. The van der Waals surface area contributed by atoms with Gasteiger partial charge >= 0.3 is 0 Å². The van der Waals surface area contributed by atoms with Gasteiger partial charge in [0.2, 0.25) is 10.0 Å². The summed E-state index contributed by atoms with van der Waals surface area (Å²) in [6, 6.07) is 17.0. The van der Waals surface area contributed by atoms with Crippen LogP contribution >= 0.6 is 0 Å². The van der Waals surface area contributed by atoms with E-state index >= 15 is 0 Å². The van der Waals surface area contributed by atoms with E-state index in [0.717, 1.165) is 17.7 Å². The zero-order valence-electron chi connectivity index (χ0n) is 17.2. The third kappa shape index (κ3) is 5.37. The summed E-state index contributed by atoms with van der Waals surface area (Å²) in [5, 5.41) is 24.5. The largest absolute Gasteiger partial charge is 0.322 e. The number of nitrogens with zero attached hydrogens (tertiary/aromatic N) is 3. The number of carbonyl (C=O) groups is 1. The Kier molecular flexibility index (Phi) is 6.80. The summed E-state index contributed by atoms with van der Waals surface area (Å²) in [4.78, 5) is 32.9. The van der Waals surface area contributed by atoms with Crippen LogP contribution in [-0.2, 0) is 16.6 Å². The van der Waals surface area contributed by atoms with E-state index in [1.54, 1.807) is 0 Å². The monoisotopic (exact) mass is 470 g/mol. The summed E-state index contributed by atoms with van der Waals surface area (Å²) in [7, 11) is -2.35. The highest BCUT2D eigenvalue weighted by molar-refractivity contribution is 7.89. The molecule has 3 aromatic rings. The van der Waals surface area contributed by atoms with Crippen LogP contribution in [0, 0.1) is 20.2 Å². The smallest absolute Gasteiger partial charge is 0.289 e. The van der Waals surface area contributed by atoms with Gasteiger partial charge in [0, 0.05) is 25.3 Å². The molecule has 33 heavy (non-hydrogen) atoms. The first-order chi connectivity index (χ1) is 15.6. The van der Waals surface area contributed by atoms with Crippen molar-refractivity contribution < 1.29 is 23.1 Å². The van der Waals surface area contributed by atoms with Crippen LogP contribution in [-0.4, -0.2) is 35.5 Å². The topological polar surface area (TPSA) is 153 Å². The molecule has 0 aliphatic carbocycles. The summed E-state index contributed by atoms with van der Waals surface area (Å²) < 4.78 is 26.8. The van der Waals surface area contributed by atoms with Crippen molar-refractivity contribution in [2.75, 3.05) is 12.4 Å². The minimum absolute atomic E-state index is 0.000228. The molecule has 0 aliphatic heterocycles. The van der Waals surface area contributed by atoms with E-state index in [2.05, 4.69) is 5.32 Å². The molecule has 0 saturated carbocycles. The number of benzene rings is 3. The number of nitro benzene ring substituents is 2. The quantitative estimate of drug-likeness (QED) is 0.390. The van der Waals surface area contributed by atoms with E-state index in [1.165, 1.54) is 35.6 Å². The third-order valence-electron chi connectivity index (χ3n) is 4.70. The highest BCUT2D eigenvalue weighted by Crippen LogP contribution is 2.26. The molecule has 170 valence electrons. The van der Waals surface area contributed by atoms with Crippen LogP contribution in [0.3, 0.4) is 0 Å². The Balaban J connectivity index is 1.77. The molecule has 0 radical (unpaired) electrons. The summed E-state index contributed by atoms with van der Waals surface area (Å²) in [6.45, 7) is 0.172. The van der Waals surface area contributed by atoms with Crippen molar-refractivity contribution in [3.05, 3.63) is 104 Å². The van der Waals surface area contributed by atoms with E-state index in [1.807, 2.05) is 30.3 Å².